The molecule has 0 heterocycles. The van der Waals surface area contributed by atoms with Crippen LogP contribution in [0.5, 0.6) is 0 Å². The van der Waals surface area contributed by atoms with Crippen LogP contribution in [0.2, 0.25) is 0 Å². The number of rotatable bonds is 2. The first-order valence-corrected chi connectivity index (χ1v) is 7.85. The fourth-order valence-electron chi connectivity index (χ4n) is 1.75. The Morgan fingerprint density at radius 3 is 2.44 bits per heavy atom. The van der Waals surface area contributed by atoms with Crippen LogP contribution in [0, 0.1) is 12.7 Å². The van der Waals surface area contributed by atoms with Gasteiger partial charge in [0.15, 0.2) is 0 Å². The Kier molecular flexibility index (Phi) is 4.62. The molecule has 0 amide bonds. The maximum Gasteiger partial charge on any atom is 0.137 e. The largest absolute Gasteiger partial charge is 0.206 e. The van der Waals surface area contributed by atoms with Gasteiger partial charge in [0.25, 0.3) is 0 Å². The molecule has 0 radical (unpaired) electrons. The molecule has 94 valence electrons. The van der Waals surface area contributed by atoms with Crippen molar-refractivity contribution in [3.63, 3.8) is 0 Å². The van der Waals surface area contributed by atoms with E-state index in [2.05, 4.69) is 60.8 Å². The van der Waals surface area contributed by atoms with Crippen molar-refractivity contribution in [3.05, 3.63) is 67.9 Å². The van der Waals surface area contributed by atoms with Crippen LogP contribution in [0.4, 0.5) is 4.39 Å². The molecule has 0 saturated heterocycles. The van der Waals surface area contributed by atoms with Gasteiger partial charge in [-0.2, -0.15) is 0 Å². The Morgan fingerprint density at radius 1 is 1.06 bits per heavy atom. The molecule has 0 spiro atoms. The van der Waals surface area contributed by atoms with Crippen LogP contribution in [0.3, 0.4) is 0 Å². The first-order chi connectivity index (χ1) is 8.50. The molecule has 2 aromatic rings. The molecule has 4 heteroatoms. The van der Waals surface area contributed by atoms with E-state index >= 15 is 0 Å². The number of halogens is 4. The van der Waals surface area contributed by atoms with Crippen LogP contribution < -0.4 is 0 Å². The summed E-state index contributed by atoms with van der Waals surface area (Å²) < 4.78 is 14.8. The number of alkyl halides is 1. The zero-order valence-electron chi connectivity index (χ0n) is 9.55. The summed E-state index contributed by atoms with van der Waals surface area (Å²) in [5.41, 5.74) is 3.37. The molecular formula is C14H10Br3F. The third-order valence-electron chi connectivity index (χ3n) is 2.82. The lowest BCUT2D eigenvalue weighted by molar-refractivity contribution is 0.620. The fourth-order valence-corrected chi connectivity index (χ4v) is 3.31. The van der Waals surface area contributed by atoms with Gasteiger partial charge in [-0.15, -0.1) is 0 Å². The second-order valence-electron chi connectivity index (χ2n) is 3.99. The van der Waals surface area contributed by atoms with E-state index in [9.17, 15) is 4.39 Å². The average Bonchev–Trinajstić information content (AvgIpc) is 2.35. The zero-order chi connectivity index (χ0) is 13.3. The van der Waals surface area contributed by atoms with E-state index in [0.29, 0.717) is 4.47 Å². The Bertz CT molecular complexity index is 581. The Balaban J connectivity index is 2.44. The normalized spacial score (nSPS) is 12.5. The van der Waals surface area contributed by atoms with E-state index < -0.39 is 0 Å². The molecule has 0 nitrogen and oxygen atoms in total. The molecule has 0 aliphatic heterocycles. The minimum Gasteiger partial charge on any atom is -0.206 e. The molecule has 0 aliphatic rings. The van der Waals surface area contributed by atoms with Crippen LogP contribution in [0.15, 0.2) is 45.3 Å². The minimum absolute atomic E-state index is 0.0481. The van der Waals surface area contributed by atoms with E-state index in [1.165, 1.54) is 17.2 Å². The van der Waals surface area contributed by atoms with Gasteiger partial charge in [-0.25, -0.2) is 4.39 Å². The molecule has 0 aliphatic carbocycles. The highest BCUT2D eigenvalue weighted by atomic mass is 79.9. The summed E-state index contributed by atoms with van der Waals surface area (Å²) in [7, 11) is 0. The second-order valence-corrected chi connectivity index (χ2v) is 6.61. The van der Waals surface area contributed by atoms with Crippen molar-refractivity contribution < 1.29 is 4.39 Å². The first-order valence-electron chi connectivity index (χ1n) is 5.34. The highest BCUT2D eigenvalue weighted by Crippen LogP contribution is 2.36. The van der Waals surface area contributed by atoms with Gasteiger partial charge in [-0.3, -0.25) is 0 Å². The quantitative estimate of drug-likeness (QED) is 0.496. The van der Waals surface area contributed by atoms with Crippen molar-refractivity contribution >= 4 is 47.8 Å². The molecule has 0 N–H and O–H groups in total. The van der Waals surface area contributed by atoms with Crippen molar-refractivity contribution in [2.75, 3.05) is 0 Å². The Hall–Kier alpha value is -0.190. The van der Waals surface area contributed by atoms with Crippen molar-refractivity contribution in [2.45, 2.75) is 11.8 Å². The maximum atomic E-state index is 13.2. The zero-order valence-corrected chi connectivity index (χ0v) is 14.3. The predicted octanol–water partition coefficient (Wildman–Crippen LogP) is 6.14. The monoisotopic (exact) mass is 434 g/mol. The van der Waals surface area contributed by atoms with E-state index in [-0.39, 0.29) is 10.6 Å². The maximum absolute atomic E-state index is 13.2. The second kappa shape index (κ2) is 5.85. The summed E-state index contributed by atoms with van der Waals surface area (Å²) in [5, 5.41) is 0. The van der Waals surface area contributed by atoms with E-state index in [1.54, 1.807) is 12.1 Å². The van der Waals surface area contributed by atoms with Crippen LogP contribution in [0.25, 0.3) is 0 Å². The minimum atomic E-state index is -0.246. The van der Waals surface area contributed by atoms with Gasteiger partial charge in [0, 0.05) is 4.47 Å². The summed E-state index contributed by atoms with van der Waals surface area (Å²) in [4.78, 5) is 0.0481. The van der Waals surface area contributed by atoms with E-state index in [1.807, 2.05) is 12.1 Å². The standard InChI is InChI=1S/C14H10Br3F/c1-8-10(3-2-4-11(8)15)14(17)9-5-6-13(18)12(16)7-9/h2-7,14H,1H3. The lowest BCUT2D eigenvalue weighted by Gasteiger charge is -2.15. The van der Waals surface area contributed by atoms with Gasteiger partial charge in [-0.05, 0) is 57.7 Å². The smallest absolute Gasteiger partial charge is 0.137 e. The fraction of sp³-hybridized carbons (Fsp3) is 0.143. The van der Waals surface area contributed by atoms with Gasteiger partial charge in [0.05, 0.1) is 9.30 Å². The van der Waals surface area contributed by atoms with Gasteiger partial charge in [-0.1, -0.05) is 50.1 Å². The van der Waals surface area contributed by atoms with Gasteiger partial charge < -0.3 is 0 Å². The van der Waals surface area contributed by atoms with E-state index in [0.717, 1.165) is 10.0 Å². The van der Waals surface area contributed by atoms with Crippen LogP contribution in [-0.4, -0.2) is 0 Å². The molecule has 1 atom stereocenters. The Morgan fingerprint density at radius 2 is 1.78 bits per heavy atom. The molecule has 0 saturated carbocycles. The van der Waals surface area contributed by atoms with Crippen molar-refractivity contribution in [1.82, 2.24) is 0 Å². The number of hydrogen-bond donors (Lipinski definition) is 0. The summed E-state index contributed by atoms with van der Waals surface area (Å²) in [6.45, 7) is 2.06. The molecule has 0 aromatic heterocycles. The molecule has 0 fully saturated rings. The molecule has 2 rings (SSSR count). The van der Waals surface area contributed by atoms with Crippen molar-refractivity contribution in [1.29, 1.82) is 0 Å². The van der Waals surface area contributed by atoms with Gasteiger partial charge >= 0.3 is 0 Å². The summed E-state index contributed by atoms with van der Waals surface area (Å²) in [6, 6.07) is 11.1. The van der Waals surface area contributed by atoms with Gasteiger partial charge in [0.2, 0.25) is 0 Å². The van der Waals surface area contributed by atoms with Gasteiger partial charge in [0.1, 0.15) is 5.82 Å². The van der Waals surface area contributed by atoms with Crippen molar-refractivity contribution in [3.8, 4) is 0 Å². The highest BCUT2D eigenvalue weighted by molar-refractivity contribution is 9.11. The topological polar surface area (TPSA) is 0 Å². The SMILES string of the molecule is Cc1c(Br)cccc1C(Br)c1ccc(F)c(Br)c1. The lowest BCUT2D eigenvalue weighted by Crippen LogP contribution is -1.97. The molecular weight excluding hydrogens is 427 g/mol. The van der Waals surface area contributed by atoms with Crippen molar-refractivity contribution in [2.24, 2.45) is 0 Å². The van der Waals surface area contributed by atoms with Crippen LogP contribution >= 0.6 is 47.8 Å². The van der Waals surface area contributed by atoms with Crippen LogP contribution in [0.1, 0.15) is 21.5 Å². The van der Waals surface area contributed by atoms with E-state index in [4.69, 9.17) is 0 Å². The predicted molar refractivity (Wildman–Crippen MR) is 83.7 cm³/mol. The average molecular weight is 437 g/mol. The summed E-state index contributed by atoms with van der Waals surface area (Å²) in [5.74, 6) is -0.246. The Labute approximate surface area is 131 Å². The molecule has 0 bridgehead atoms. The third kappa shape index (κ3) is 2.86. The first kappa shape index (κ1) is 14.2. The number of hydrogen-bond acceptors (Lipinski definition) is 0. The summed E-state index contributed by atoms with van der Waals surface area (Å²) in [6.07, 6.45) is 0. The number of benzene rings is 2. The molecule has 2 aromatic carbocycles. The highest BCUT2D eigenvalue weighted by Gasteiger charge is 2.15. The lowest BCUT2D eigenvalue weighted by atomic mass is 10.0. The molecule has 1 unspecified atom stereocenters. The molecule has 18 heavy (non-hydrogen) atoms. The summed E-state index contributed by atoms with van der Waals surface area (Å²) >= 11 is 10.4. The third-order valence-corrected chi connectivity index (χ3v) is 5.31. The van der Waals surface area contributed by atoms with Crippen LogP contribution in [-0.2, 0) is 0 Å².